The van der Waals surface area contributed by atoms with Crippen LogP contribution in [-0.4, -0.2) is 18.5 Å². The standard InChI is InChI=1S/C8H14O2/c1-5-6(2)8(9)4-10-7(5)3/h5-7H,4H2,1-3H3. The Bertz CT molecular complexity index is 142. The Labute approximate surface area is 61.6 Å². The van der Waals surface area contributed by atoms with Gasteiger partial charge in [-0.15, -0.1) is 0 Å². The Kier molecular flexibility index (Phi) is 2.09. The number of ether oxygens (including phenoxy) is 1. The molecule has 0 aromatic carbocycles. The highest BCUT2D eigenvalue weighted by Gasteiger charge is 2.30. The van der Waals surface area contributed by atoms with E-state index in [4.69, 9.17) is 4.74 Å². The van der Waals surface area contributed by atoms with Crippen LogP contribution >= 0.6 is 0 Å². The van der Waals surface area contributed by atoms with Crippen molar-refractivity contribution in [3.63, 3.8) is 0 Å². The summed E-state index contributed by atoms with van der Waals surface area (Å²) in [4.78, 5) is 11.0. The van der Waals surface area contributed by atoms with Crippen molar-refractivity contribution in [3.8, 4) is 0 Å². The van der Waals surface area contributed by atoms with Crippen molar-refractivity contribution in [1.29, 1.82) is 0 Å². The van der Waals surface area contributed by atoms with E-state index in [0.29, 0.717) is 12.5 Å². The topological polar surface area (TPSA) is 26.3 Å². The molecular weight excluding hydrogens is 128 g/mol. The van der Waals surface area contributed by atoms with Gasteiger partial charge in [0.15, 0.2) is 5.78 Å². The Morgan fingerprint density at radius 1 is 1.40 bits per heavy atom. The molecule has 0 spiro atoms. The van der Waals surface area contributed by atoms with Crippen LogP contribution in [-0.2, 0) is 9.53 Å². The van der Waals surface area contributed by atoms with Gasteiger partial charge in [0, 0.05) is 5.92 Å². The molecule has 2 nitrogen and oxygen atoms in total. The van der Waals surface area contributed by atoms with E-state index in [1.54, 1.807) is 0 Å². The fourth-order valence-electron chi connectivity index (χ4n) is 1.20. The fraction of sp³-hybridized carbons (Fsp3) is 0.875. The van der Waals surface area contributed by atoms with Crippen molar-refractivity contribution in [2.24, 2.45) is 11.8 Å². The lowest BCUT2D eigenvalue weighted by Crippen LogP contribution is -2.38. The smallest absolute Gasteiger partial charge is 0.161 e. The van der Waals surface area contributed by atoms with Crippen LogP contribution < -0.4 is 0 Å². The first-order valence-corrected chi connectivity index (χ1v) is 3.77. The van der Waals surface area contributed by atoms with Gasteiger partial charge >= 0.3 is 0 Å². The molecule has 3 atom stereocenters. The van der Waals surface area contributed by atoms with Gasteiger partial charge in [0.05, 0.1) is 6.10 Å². The number of carbonyl (C=O) groups excluding carboxylic acids is 1. The van der Waals surface area contributed by atoms with Crippen molar-refractivity contribution in [2.75, 3.05) is 6.61 Å². The molecule has 0 N–H and O–H groups in total. The third kappa shape index (κ3) is 1.21. The van der Waals surface area contributed by atoms with Crippen LogP contribution in [0.5, 0.6) is 0 Å². The molecule has 3 unspecified atom stereocenters. The Morgan fingerprint density at radius 2 is 2.00 bits per heavy atom. The van der Waals surface area contributed by atoms with E-state index in [-0.39, 0.29) is 17.8 Å². The summed E-state index contributed by atoms with van der Waals surface area (Å²) in [6.07, 6.45) is 0.243. The lowest BCUT2D eigenvalue weighted by atomic mass is 9.86. The Hall–Kier alpha value is -0.370. The first-order chi connectivity index (χ1) is 4.63. The second kappa shape index (κ2) is 2.70. The number of carbonyl (C=O) groups is 1. The number of Topliss-reactive ketones (excluding diaryl/α,β-unsaturated/α-hetero) is 1. The minimum absolute atomic E-state index is 0.184. The van der Waals surface area contributed by atoms with Crippen molar-refractivity contribution in [2.45, 2.75) is 26.9 Å². The third-order valence-corrected chi connectivity index (χ3v) is 2.53. The van der Waals surface area contributed by atoms with E-state index >= 15 is 0 Å². The largest absolute Gasteiger partial charge is 0.370 e. The summed E-state index contributed by atoms with van der Waals surface area (Å²) in [7, 11) is 0. The van der Waals surface area contributed by atoms with Gasteiger partial charge in [-0.1, -0.05) is 13.8 Å². The van der Waals surface area contributed by atoms with Gasteiger partial charge in [0.25, 0.3) is 0 Å². The molecule has 0 aliphatic carbocycles. The lowest BCUT2D eigenvalue weighted by molar-refractivity contribution is -0.141. The molecule has 0 aromatic heterocycles. The normalized spacial score (nSPS) is 41.9. The summed E-state index contributed by atoms with van der Waals surface area (Å²) < 4.78 is 5.22. The highest BCUT2D eigenvalue weighted by molar-refractivity contribution is 5.82. The van der Waals surface area contributed by atoms with Gasteiger partial charge < -0.3 is 4.74 Å². The van der Waals surface area contributed by atoms with E-state index in [0.717, 1.165) is 0 Å². The second-order valence-electron chi connectivity index (χ2n) is 3.13. The molecule has 1 aliphatic rings. The molecule has 1 heterocycles. The maximum Gasteiger partial charge on any atom is 0.161 e. The maximum absolute atomic E-state index is 11.0. The molecule has 0 bridgehead atoms. The average molecular weight is 142 g/mol. The number of rotatable bonds is 0. The lowest BCUT2D eigenvalue weighted by Gasteiger charge is -2.30. The van der Waals surface area contributed by atoms with E-state index < -0.39 is 0 Å². The zero-order chi connectivity index (χ0) is 7.72. The molecular formula is C8H14O2. The van der Waals surface area contributed by atoms with Crippen LogP contribution in [0, 0.1) is 11.8 Å². The third-order valence-electron chi connectivity index (χ3n) is 2.53. The monoisotopic (exact) mass is 142 g/mol. The molecule has 10 heavy (non-hydrogen) atoms. The van der Waals surface area contributed by atoms with Crippen molar-refractivity contribution in [3.05, 3.63) is 0 Å². The molecule has 0 radical (unpaired) electrons. The van der Waals surface area contributed by atoms with Crippen LogP contribution in [0.25, 0.3) is 0 Å². The second-order valence-corrected chi connectivity index (χ2v) is 3.13. The molecule has 0 aromatic rings. The first-order valence-electron chi connectivity index (χ1n) is 3.77. The van der Waals surface area contributed by atoms with Gasteiger partial charge in [-0.05, 0) is 12.8 Å². The van der Waals surface area contributed by atoms with Crippen LogP contribution in [0.15, 0.2) is 0 Å². The van der Waals surface area contributed by atoms with Gasteiger partial charge in [0.1, 0.15) is 6.61 Å². The Morgan fingerprint density at radius 3 is 2.50 bits per heavy atom. The Balaban J connectivity index is 2.60. The predicted molar refractivity (Wildman–Crippen MR) is 38.7 cm³/mol. The molecule has 2 heteroatoms. The molecule has 0 saturated carbocycles. The SMILES string of the molecule is CC1OCC(=O)C(C)C1C. The molecule has 1 rings (SSSR count). The van der Waals surface area contributed by atoms with Crippen LogP contribution in [0.3, 0.4) is 0 Å². The molecule has 1 saturated heterocycles. The highest BCUT2D eigenvalue weighted by atomic mass is 16.5. The number of hydrogen-bond acceptors (Lipinski definition) is 2. The van der Waals surface area contributed by atoms with Crippen molar-refractivity contribution in [1.82, 2.24) is 0 Å². The number of ketones is 1. The first kappa shape index (κ1) is 7.73. The minimum atomic E-state index is 0.184. The van der Waals surface area contributed by atoms with Gasteiger partial charge in [-0.25, -0.2) is 0 Å². The molecule has 58 valence electrons. The van der Waals surface area contributed by atoms with Crippen molar-refractivity contribution < 1.29 is 9.53 Å². The summed E-state index contributed by atoms with van der Waals surface area (Å²) >= 11 is 0. The summed E-state index contributed by atoms with van der Waals surface area (Å²) in [6.45, 7) is 6.37. The van der Waals surface area contributed by atoms with Crippen molar-refractivity contribution >= 4 is 5.78 Å². The van der Waals surface area contributed by atoms with E-state index in [1.807, 2.05) is 13.8 Å². The quantitative estimate of drug-likeness (QED) is 0.508. The van der Waals surface area contributed by atoms with E-state index in [9.17, 15) is 4.79 Å². The summed E-state index contributed by atoms with van der Waals surface area (Å²) in [5.41, 5.74) is 0. The zero-order valence-corrected chi connectivity index (χ0v) is 6.76. The molecule has 1 aliphatic heterocycles. The average Bonchev–Trinajstić information content (AvgIpc) is 1.93. The van der Waals surface area contributed by atoms with Gasteiger partial charge in [-0.2, -0.15) is 0 Å². The van der Waals surface area contributed by atoms with Gasteiger partial charge in [-0.3, -0.25) is 4.79 Å². The zero-order valence-electron chi connectivity index (χ0n) is 6.76. The summed E-state index contributed by atoms with van der Waals surface area (Å²) in [5, 5.41) is 0. The highest BCUT2D eigenvalue weighted by Crippen LogP contribution is 2.23. The van der Waals surface area contributed by atoms with Gasteiger partial charge in [0.2, 0.25) is 0 Å². The molecule has 1 fully saturated rings. The number of hydrogen-bond donors (Lipinski definition) is 0. The van der Waals surface area contributed by atoms with E-state index in [1.165, 1.54) is 0 Å². The fourth-order valence-corrected chi connectivity index (χ4v) is 1.20. The summed E-state index contributed by atoms with van der Waals surface area (Å²) in [5.74, 6) is 0.801. The minimum Gasteiger partial charge on any atom is -0.370 e. The maximum atomic E-state index is 11.0. The summed E-state index contributed by atoms with van der Waals surface area (Å²) in [6, 6.07) is 0. The predicted octanol–water partition coefficient (Wildman–Crippen LogP) is 1.25. The van der Waals surface area contributed by atoms with Crippen LogP contribution in [0.1, 0.15) is 20.8 Å². The van der Waals surface area contributed by atoms with E-state index in [2.05, 4.69) is 6.92 Å². The van der Waals surface area contributed by atoms with Crippen LogP contribution in [0.4, 0.5) is 0 Å². The molecule has 0 amide bonds. The van der Waals surface area contributed by atoms with Crippen LogP contribution in [0.2, 0.25) is 0 Å².